The fourth-order valence-corrected chi connectivity index (χ4v) is 3.51. The molecule has 0 aromatic heterocycles. The summed E-state index contributed by atoms with van der Waals surface area (Å²) in [6, 6.07) is 14.5. The lowest BCUT2D eigenvalue weighted by molar-refractivity contribution is 0.0827. The maximum atomic E-state index is 13.2. The minimum Gasteiger partial charge on any atom is -0.357 e. The molecule has 0 radical (unpaired) electrons. The highest BCUT2D eigenvalue weighted by Crippen LogP contribution is 2.48. The molecule has 0 heterocycles. The Morgan fingerprint density at radius 1 is 1.13 bits per heavy atom. The molecule has 0 atom stereocenters. The van der Waals surface area contributed by atoms with Crippen LogP contribution >= 0.6 is 24.0 Å². The number of amides is 1. The van der Waals surface area contributed by atoms with Gasteiger partial charge in [-0.15, -0.1) is 24.0 Å². The molecule has 0 bridgehead atoms. The molecule has 3 rings (SSSR count). The smallest absolute Gasteiger partial charge is 0.253 e. The van der Waals surface area contributed by atoms with Crippen LogP contribution < -0.4 is 10.6 Å². The summed E-state index contributed by atoms with van der Waals surface area (Å²) in [5, 5.41) is 6.68. The molecule has 1 aliphatic carbocycles. The third-order valence-electron chi connectivity index (χ3n) is 5.48. The first kappa shape index (κ1) is 25.1. The minimum atomic E-state index is -0.204. The number of hydrogen-bond donors (Lipinski definition) is 2. The van der Waals surface area contributed by atoms with Crippen LogP contribution in [0, 0.1) is 5.82 Å². The average molecular weight is 538 g/mol. The number of nitrogens with one attached hydrogen (secondary N) is 2. The molecule has 0 unspecified atom stereocenters. The number of aliphatic imine (C=N–C) groups is 1. The van der Waals surface area contributed by atoms with Gasteiger partial charge >= 0.3 is 0 Å². The van der Waals surface area contributed by atoms with Crippen molar-refractivity contribution in [3.05, 3.63) is 71.0 Å². The maximum Gasteiger partial charge on any atom is 0.253 e. The van der Waals surface area contributed by atoms with Gasteiger partial charge in [0, 0.05) is 38.2 Å². The van der Waals surface area contributed by atoms with Crippen molar-refractivity contribution in [3.63, 3.8) is 0 Å². The summed E-state index contributed by atoms with van der Waals surface area (Å²) >= 11 is 0. The molecule has 0 saturated heterocycles. The zero-order valence-corrected chi connectivity index (χ0v) is 20.8. The molecule has 1 fully saturated rings. The van der Waals surface area contributed by atoms with Gasteiger partial charge in [-0.25, -0.2) is 4.39 Å². The molecule has 1 saturated carbocycles. The van der Waals surface area contributed by atoms with Crippen LogP contribution in [0.4, 0.5) is 4.39 Å². The standard InChI is InChI=1S/C24H31FN4O.HI/c1-4-26-23(28-17-24(13-14-24)20-8-10-21(25)11-9-20)27-15-12-18-6-5-7-19(16-18)22(30)29(2)3;/h5-11,16H,4,12-15,17H2,1-3H3,(H2,26,27,28);1H. The van der Waals surface area contributed by atoms with Crippen molar-refractivity contribution in [1.82, 2.24) is 15.5 Å². The summed E-state index contributed by atoms with van der Waals surface area (Å²) in [6.07, 6.45) is 2.95. The number of benzene rings is 2. The predicted octanol–water partition coefficient (Wildman–Crippen LogP) is 3.97. The molecule has 2 N–H and O–H groups in total. The number of carbonyl (C=O) groups is 1. The number of halogens is 2. The van der Waals surface area contributed by atoms with Gasteiger partial charge in [0.25, 0.3) is 5.91 Å². The van der Waals surface area contributed by atoms with Gasteiger partial charge in [0.1, 0.15) is 5.82 Å². The molecule has 1 aliphatic rings. The molecule has 7 heteroatoms. The molecule has 2 aromatic carbocycles. The van der Waals surface area contributed by atoms with Crippen molar-refractivity contribution < 1.29 is 9.18 Å². The molecule has 2 aromatic rings. The molecule has 5 nitrogen and oxygen atoms in total. The van der Waals surface area contributed by atoms with Crippen LogP contribution in [0.25, 0.3) is 0 Å². The summed E-state index contributed by atoms with van der Waals surface area (Å²) in [6.45, 7) is 4.22. The summed E-state index contributed by atoms with van der Waals surface area (Å²) in [5.74, 6) is 0.589. The van der Waals surface area contributed by atoms with Crippen LogP contribution in [-0.4, -0.2) is 50.5 Å². The number of rotatable bonds is 8. The third-order valence-corrected chi connectivity index (χ3v) is 5.48. The van der Waals surface area contributed by atoms with E-state index < -0.39 is 0 Å². The van der Waals surface area contributed by atoms with Crippen LogP contribution in [0.1, 0.15) is 41.3 Å². The first-order valence-corrected chi connectivity index (χ1v) is 10.5. The zero-order chi connectivity index (χ0) is 21.6. The largest absolute Gasteiger partial charge is 0.357 e. The normalized spacial score (nSPS) is 14.4. The van der Waals surface area contributed by atoms with Gasteiger partial charge in [-0.1, -0.05) is 24.3 Å². The van der Waals surface area contributed by atoms with Crippen LogP contribution in [0.15, 0.2) is 53.5 Å². The monoisotopic (exact) mass is 538 g/mol. The van der Waals surface area contributed by atoms with E-state index in [1.807, 2.05) is 43.3 Å². The van der Waals surface area contributed by atoms with Crippen LogP contribution in [-0.2, 0) is 11.8 Å². The Labute approximate surface area is 201 Å². The third kappa shape index (κ3) is 6.92. The summed E-state index contributed by atoms with van der Waals surface area (Å²) in [5.41, 5.74) is 3.01. The van der Waals surface area contributed by atoms with Crippen LogP contribution in [0.2, 0.25) is 0 Å². The van der Waals surface area contributed by atoms with E-state index >= 15 is 0 Å². The van der Waals surface area contributed by atoms with Gasteiger partial charge in [0.15, 0.2) is 5.96 Å². The number of guanidine groups is 1. The Hall–Kier alpha value is -2.16. The lowest BCUT2D eigenvalue weighted by Gasteiger charge is -2.16. The van der Waals surface area contributed by atoms with E-state index in [4.69, 9.17) is 4.99 Å². The Kier molecular flexibility index (Phi) is 9.28. The highest BCUT2D eigenvalue weighted by Gasteiger charge is 2.44. The second-order valence-corrected chi connectivity index (χ2v) is 8.06. The van der Waals surface area contributed by atoms with E-state index in [-0.39, 0.29) is 41.1 Å². The molecule has 0 aliphatic heterocycles. The van der Waals surface area contributed by atoms with E-state index in [1.54, 1.807) is 19.0 Å². The van der Waals surface area contributed by atoms with E-state index in [2.05, 4.69) is 10.6 Å². The predicted molar refractivity (Wildman–Crippen MR) is 135 cm³/mol. The minimum absolute atomic E-state index is 0. The SMILES string of the molecule is CCNC(=NCC1(c2ccc(F)cc2)CC1)NCCc1cccc(C(=O)N(C)C)c1.I. The maximum absolute atomic E-state index is 13.2. The molecule has 168 valence electrons. The van der Waals surface area contributed by atoms with Gasteiger partial charge < -0.3 is 15.5 Å². The molecular weight excluding hydrogens is 506 g/mol. The Balaban J connectivity index is 0.00000341. The zero-order valence-electron chi connectivity index (χ0n) is 18.5. The van der Waals surface area contributed by atoms with Crippen molar-refractivity contribution in [3.8, 4) is 0 Å². The molecule has 31 heavy (non-hydrogen) atoms. The van der Waals surface area contributed by atoms with Gasteiger partial charge in [-0.3, -0.25) is 9.79 Å². The number of carbonyl (C=O) groups excluding carboxylic acids is 1. The lowest BCUT2D eigenvalue weighted by Crippen LogP contribution is -2.39. The van der Waals surface area contributed by atoms with Crippen molar-refractivity contribution in [1.29, 1.82) is 0 Å². The molecule has 0 spiro atoms. The molecule has 1 amide bonds. The van der Waals surface area contributed by atoms with E-state index in [9.17, 15) is 9.18 Å². The van der Waals surface area contributed by atoms with E-state index in [0.29, 0.717) is 12.1 Å². The summed E-state index contributed by atoms with van der Waals surface area (Å²) in [7, 11) is 3.52. The fraction of sp³-hybridized carbons (Fsp3) is 0.417. The first-order valence-electron chi connectivity index (χ1n) is 10.5. The van der Waals surface area contributed by atoms with Crippen LogP contribution in [0.3, 0.4) is 0 Å². The first-order chi connectivity index (χ1) is 14.4. The van der Waals surface area contributed by atoms with Crippen LogP contribution in [0.5, 0.6) is 0 Å². The quantitative estimate of drug-likeness (QED) is 0.304. The second-order valence-electron chi connectivity index (χ2n) is 8.06. The number of hydrogen-bond acceptors (Lipinski definition) is 2. The van der Waals surface area contributed by atoms with Crippen molar-refractivity contribution >= 4 is 35.8 Å². The lowest BCUT2D eigenvalue weighted by atomic mass is 9.96. The van der Waals surface area contributed by atoms with Crippen molar-refractivity contribution in [2.75, 3.05) is 33.7 Å². The second kappa shape index (κ2) is 11.5. The van der Waals surface area contributed by atoms with Gasteiger partial charge in [-0.05, 0) is 61.6 Å². The number of nitrogens with zero attached hydrogens (tertiary/aromatic N) is 2. The average Bonchev–Trinajstić information content (AvgIpc) is 3.53. The van der Waals surface area contributed by atoms with E-state index in [1.165, 1.54) is 12.1 Å². The van der Waals surface area contributed by atoms with Gasteiger partial charge in [0.05, 0.1) is 6.54 Å². The van der Waals surface area contributed by atoms with Gasteiger partial charge in [-0.2, -0.15) is 0 Å². The summed E-state index contributed by atoms with van der Waals surface area (Å²) in [4.78, 5) is 18.5. The highest BCUT2D eigenvalue weighted by molar-refractivity contribution is 14.0. The highest BCUT2D eigenvalue weighted by atomic mass is 127. The van der Waals surface area contributed by atoms with Gasteiger partial charge in [0.2, 0.25) is 0 Å². The Morgan fingerprint density at radius 3 is 2.45 bits per heavy atom. The Morgan fingerprint density at radius 2 is 1.84 bits per heavy atom. The molecular formula is C24H32FIN4O. The van der Waals surface area contributed by atoms with Crippen molar-refractivity contribution in [2.24, 2.45) is 4.99 Å². The Bertz CT molecular complexity index is 895. The fourth-order valence-electron chi connectivity index (χ4n) is 3.51. The van der Waals surface area contributed by atoms with Crippen molar-refractivity contribution in [2.45, 2.75) is 31.6 Å². The topological polar surface area (TPSA) is 56.7 Å². The summed E-state index contributed by atoms with van der Waals surface area (Å²) < 4.78 is 13.2. The van der Waals surface area contributed by atoms with E-state index in [0.717, 1.165) is 49.4 Å².